The number of aromatic hydroxyl groups is 1. The standard InChI is InChI=1S/C34H39FN6O3/c1-21(42)36-13-5-15-40-14-4-7-25(40)20-44-34-38-32-29(33(39-34)41-18-23-9-10-24(19-41)37-23)12-11-28(31(32)35)30-17-26(43)16-22-6-2-3-8-27(22)30/h2-3,6,8,11-12,16-17,23-25,37,43H,4-5,7,9-10,13-15,18-20H2,1H3,(H,36,42)/t23?,24?,25-/m0/s1. The van der Waals surface area contributed by atoms with E-state index in [1.165, 1.54) is 6.92 Å². The van der Waals surface area contributed by atoms with E-state index in [1.54, 1.807) is 18.2 Å². The number of aromatic nitrogens is 2. The van der Waals surface area contributed by atoms with Gasteiger partial charge in [0.2, 0.25) is 5.91 Å². The summed E-state index contributed by atoms with van der Waals surface area (Å²) < 4.78 is 22.9. The Balaban J connectivity index is 1.23. The number of nitrogens with zero attached hydrogens (tertiary/aromatic N) is 4. The zero-order valence-corrected chi connectivity index (χ0v) is 25.1. The molecule has 3 aliphatic rings. The first-order valence-electron chi connectivity index (χ1n) is 15.8. The predicted molar refractivity (Wildman–Crippen MR) is 170 cm³/mol. The Kier molecular flexibility index (Phi) is 7.95. The highest BCUT2D eigenvalue weighted by atomic mass is 19.1. The first-order valence-corrected chi connectivity index (χ1v) is 15.8. The normalized spacial score (nSPS) is 21.8. The average molecular weight is 599 g/mol. The van der Waals surface area contributed by atoms with Crippen molar-refractivity contribution < 1.29 is 19.0 Å². The van der Waals surface area contributed by atoms with E-state index in [2.05, 4.69) is 25.4 Å². The van der Waals surface area contributed by atoms with Crippen molar-refractivity contribution in [1.29, 1.82) is 0 Å². The molecule has 7 rings (SSSR count). The SMILES string of the molecule is CC(=O)NCCCN1CCC[C@H]1COc1nc(N2CC3CCC(C2)N3)c2ccc(-c3cc(O)cc4ccccc34)c(F)c2n1. The molecule has 230 valence electrons. The van der Waals surface area contributed by atoms with Gasteiger partial charge >= 0.3 is 6.01 Å². The fourth-order valence-electron chi connectivity index (χ4n) is 7.22. The van der Waals surface area contributed by atoms with Crippen molar-refractivity contribution in [3.05, 3.63) is 54.3 Å². The van der Waals surface area contributed by atoms with Crippen LogP contribution in [-0.4, -0.2) is 83.3 Å². The van der Waals surface area contributed by atoms with Gasteiger partial charge in [0.25, 0.3) is 0 Å². The summed E-state index contributed by atoms with van der Waals surface area (Å²) in [4.78, 5) is 25.5. The summed E-state index contributed by atoms with van der Waals surface area (Å²) in [5.74, 6) is 0.319. The molecule has 3 saturated heterocycles. The van der Waals surface area contributed by atoms with Crippen molar-refractivity contribution in [3.8, 4) is 22.9 Å². The molecule has 3 aromatic carbocycles. The number of nitrogens with one attached hydrogen (secondary N) is 2. The van der Waals surface area contributed by atoms with Gasteiger partial charge in [-0.05, 0) is 73.2 Å². The van der Waals surface area contributed by atoms with Crippen LogP contribution in [0.2, 0.25) is 0 Å². The van der Waals surface area contributed by atoms with Gasteiger partial charge in [-0.2, -0.15) is 9.97 Å². The molecule has 0 aliphatic carbocycles. The Labute approximate surface area is 256 Å². The summed E-state index contributed by atoms with van der Waals surface area (Å²) >= 11 is 0. The highest BCUT2D eigenvalue weighted by molar-refractivity contribution is 6.01. The Morgan fingerprint density at radius 2 is 1.89 bits per heavy atom. The molecule has 3 N–H and O–H groups in total. The number of likely N-dealkylation sites (tertiary alicyclic amines) is 1. The quantitative estimate of drug-likeness (QED) is 0.240. The van der Waals surface area contributed by atoms with Gasteiger partial charge in [-0.3, -0.25) is 9.69 Å². The number of amides is 1. The number of carbonyl (C=O) groups is 1. The number of ether oxygens (including phenoxy) is 1. The van der Waals surface area contributed by atoms with Gasteiger partial charge in [0.05, 0.1) is 0 Å². The van der Waals surface area contributed by atoms with Gasteiger partial charge in [0.1, 0.15) is 23.7 Å². The van der Waals surface area contributed by atoms with Crippen LogP contribution in [0.4, 0.5) is 10.2 Å². The van der Waals surface area contributed by atoms with Crippen molar-refractivity contribution >= 4 is 33.4 Å². The zero-order chi connectivity index (χ0) is 30.2. The second-order valence-corrected chi connectivity index (χ2v) is 12.4. The molecule has 0 saturated carbocycles. The van der Waals surface area contributed by atoms with Gasteiger partial charge in [-0.1, -0.05) is 30.3 Å². The van der Waals surface area contributed by atoms with Crippen LogP contribution in [0.3, 0.4) is 0 Å². The Morgan fingerprint density at radius 3 is 2.70 bits per heavy atom. The lowest BCUT2D eigenvalue weighted by molar-refractivity contribution is -0.118. The highest BCUT2D eigenvalue weighted by Crippen LogP contribution is 2.39. The lowest BCUT2D eigenvalue weighted by Gasteiger charge is -2.34. The molecule has 3 fully saturated rings. The van der Waals surface area contributed by atoms with E-state index in [9.17, 15) is 9.90 Å². The molecule has 9 nitrogen and oxygen atoms in total. The lowest BCUT2D eigenvalue weighted by atomic mass is 9.96. The molecule has 3 aliphatic heterocycles. The van der Waals surface area contributed by atoms with Crippen LogP contribution in [0.25, 0.3) is 32.8 Å². The van der Waals surface area contributed by atoms with E-state index in [4.69, 9.17) is 9.72 Å². The molecule has 0 radical (unpaired) electrons. The number of fused-ring (bicyclic) bond motifs is 4. The van der Waals surface area contributed by atoms with Crippen LogP contribution in [0.1, 0.15) is 39.0 Å². The molecule has 10 heteroatoms. The topological polar surface area (TPSA) is 103 Å². The number of piperazine rings is 1. The molecule has 2 bridgehead atoms. The van der Waals surface area contributed by atoms with E-state index < -0.39 is 5.82 Å². The summed E-state index contributed by atoms with van der Waals surface area (Å²) in [6, 6.07) is 15.8. The van der Waals surface area contributed by atoms with Crippen LogP contribution >= 0.6 is 0 Å². The summed E-state index contributed by atoms with van der Waals surface area (Å²) in [6.45, 7) is 6.05. The Morgan fingerprint density at radius 1 is 1.07 bits per heavy atom. The van der Waals surface area contributed by atoms with Crippen molar-refractivity contribution in [2.75, 3.05) is 44.2 Å². The molecule has 1 amide bonds. The number of hydrogen-bond donors (Lipinski definition) is 3. The second-order valence-electron chi connectivity index (χ2n) is 12.4. The van der Waals surface area contributed by atoms with E-state index in [1.807, 2.05) is 30.3 Å². The first kappa shape index (κ1) is 28.7. The van der Waals surface area contributed by atoms with Crippen molar-refractivity contribution in [1.82, 2.24) is 25.5 Å². The molecular formula is C34H39FN6O3. The second kappa shape index (κ2) is 12.2. The molecule has 4 heterocycles. The van der Waals surface area contributed by atoms with Crippen LogP contribution in [0, 0.1) is 5.82 Å². The van der Waals surface area contributed by atoms with E-state index in [-0.39, 0.29) is 29.2 Å². The number of carbonyl (C=O) groups excluding carboxylic acids is 1. The zero-order valence-electron chi connectivity index (χ0n) is 25.1. The van der Waals surface area contributed by atoms with Crippen LogP contribution < -0.4 is 20.3 Å². The molecule has 44 heavy (non-hydrogen) atoms. The Bertz CT molecular complexity index is 1690. The lowest BCUT2D eigenvalue weighted by Crippen LogP contribution is -2.51. The van der Waals surface area contributed by atoms with Crippen LogP contribution in [-0.2, 0) is 4.79 Å². The number of halogens is 1. The van der Waals surface area contributed by atoms with Gasteiger partial charge in [-0.25, -0.2) is 4.39 Å². The number of phenolic OH excluding ortho intramolecular Hbond substituents is 1. The summed E-state index contributed by atoms with van der Waals surface area (Å²) in [6.07, 6.45) is 5.20. The van der Waals surface area contributed by atoms with Gasteiger partial charge in [0, 0.05) is 62.2 Å². The average Bonchev–Trinajstić information content (AvgIpc) is 3.62. The predicted octanol–water partition coefficient (Wildman–Crippen LogP) is 4.60. The smallest absolute Gasteiger partial charge is 0.319 e. The summed E-state index contributed by atoms with van der Waals surface area (Å²) in [7, 11) is 0. The molecule has 3 atom stereocenters. The molecular weight excluding hydrogens is 559 g/mol. The maximum absolute atomic E-state index is 16.6. The third kappa shape index (κ3) is 5.76. The molecule has 0 spiro atoms. The van der Waals surface area contributed by atoms with Crippen LogP contribution in [0.15, 0.2) is 48.5 Å². The van der Waals surface area contributed by atoms with E-state index >= 15 is 4.39 Å². The molecule has 1 aromatic heterocycles. The fourth-order valence-corrected chi connectivity index (χ4v) is 7.22. The van der Waals surface area contributed by atoms with Gasteiger partial charge in [0.15, 0.2) is 5.82 Å². The number of phenols is 1. The maximum Gasteiger partial charge on any atom is 0.319 e. The first-order chi connectivity index (χ1) is 21.4. The van der Waals surface area contributed by atoms with Crippen molar-refractivity contribution in [3.63, 3.8) is 0 Å². The van der Waals surface area contributed by atoms with Crippen molar-refractivity contribution in [2.45, 2.75) is 57.2 Å². The monoisotopic (exact) mass is 598 g/mol. The Hall–Kier alpha value is -4.02. The van der Waals surface area contributed by atoms with Gasteiger partial charge in [-0.15, -0.1) is 0 Å². The minimum atomic E-state index is -0.453. The number of rotatable bonds is 9. The largest absolute Gasteiger partial charge is 0.508 e. The number of anilines is 1. The van der Waals surface area contributed by atoms with Gasteiger partial charge < -0.3 is 25.4 Å². The number of hydrogen-bond acceptors (Lipinski definition) is 8. The highest BCUT2D eigenvalue weighted by Gasteiger charge is 2.34. The summed E-state index contributed by atoms with van der Waals surface area (Å²) in [5.41, 5.74) is 1.21. The minimum Gasteiger partial charge on any atom is -0.508 e. The fraction of sp³-hybridized carbons (Fsp3) is 0.441. The van der Waals surface area contributed by atoms with E-state index in [0.717, 1.165) is 69.1 Å². The van der Waals surface area contributed by atoms with Crippen LogP contribution in [0.5, 0.6) is 11.8 Å². The third-order valence-electron chi connectivity index (χ3n) is 9.32. The molecule has 4 aromatic rings. The maximum atomic E-state index is 16.6. The summed E-state index contributed by atoms with van der Waals surface area (Å²) in [5, 5.41) is 19.4. The van der Waals surface area contributed by atoms with E-state index in [0.29, 0.717) is 47.6 Å². The minimum absolute atomic E-state index is 0.0132. The third-order valence-corrected chi connectivity index (χ3v) is 9.32. The van der Waals surface area contributed by atoms with Crippen molar-refractivity contribution in [2.24, 2.45) is 0 Å². The number of benzene rings is 3. The molecule has 2 unspecified atom stereocenters.